The van der Waals surface area contributed by atoms with Crippen LogP contribution in [0.5, 0.6) is 0 Å². The summed E-state index contributed by atoms with van der Waals surface area (Å²) >= 11 is 1.73. The Balaban J connectivity index is 2.68. The Hall–Kier alpha value is -1.00. The number of nitrogens with one attached hydrogen (secondary N) is 1. The van der Waals surface area contributed by atoms with Gasteiger partial charge < -0.3 is 10.1 Å². The van der Waals surface area contributed by atoms with E-state index in [0.717, 1.165) is 25.1 Å². The molecule has 0 aliphatic carbocycles. The van der Waals surface area contributed by atoms with Crippen molar-refractivity contribution in [2.45, 2.75) is 44.0 Å². The molecule has 1 N–H and O–H groups in total. The van der Waals surface area contributed by atoms with E-state index in [1.165, 1.54) is 17.6 Å². The van der Waals surface area contributed by atoms with Crippen LogP contribution in [-0.2, 0) is 9.53 Å². The SMILES string of the molecule is CCCNC(CC)c1ccccc1SCCC(=O)OC. The average Bonchev–Trinajstić information content (AvgIpc) is 2.49. The highest BCUT2D eigenvalue weighted by Crippen LogP contribution is 2.29. The summed E-state index contributed by atoms with van der Waals surface area (Å²) in [6.07, 6.45) is 2.65. The van der Waals surface area contributed by atoms with Gasteiger partial charge in [0.05, 0.1) is 13.5 Å². The predicted octanol–water partition coefficient (Wildman–Crippen LogP) is 3.79. The molecule has 0 radical (unpaired) electrons. The summed E-state index contributed by atoms with van der Waals surface area (Å²) in [7, 11) is 1.43. The normalized spacial score (nSPS) is 12.2. The molecule has 4 heteroatoms. The van der Waals surface area contributed by atoms with Gasteiger partial charge in [-0.05, 0) is 31.0 Å². The van der Waals surface area contributed by atoms with E-state index < -0.39 is 0 Å². The zero-order valence-electron chi connectivity index (χ0n) is 12.6. The number of hydrogen-bond donors (Lipinski definition) is 1. The van der Waals surface area contributed by atoms with E-state index in [4.69, 9.17) is 0 Å². The van der Waals surface area contributed by atoms with E-state index in [1.807, 2.05) is 0 Å². The summed E-state index contributed by atoms with van der Waals surface area (Å²) in [5.74, 6) is 0.611. The summed E-state index contributed by atoms with van der Waals surface area (Å²) in [5.41, 5.74) is 1.33. The lowest BCUT2D eigenvalue weighted by Gasteiger charge is -2.20. The number of thioether (sulfide) groups is 1. The molecule has 1 aromatic carbocycles. The zero-order chi connectivity index (χ0) is 14.8. The standard InChI is InChI=1S/C16H25NO2S/c1-4-11-17-14(5-2)13-8-6-7-9-15(13)20-12-10-16(18)19-3/h6-9,14,17H,4-5,10-12H2,1-3H3. The van der Waals surface area contributed by atoms with Crippen molar-refractivity contribution in [1.82, 2.24) is 5.32 Å². The molecule has 0 aliphatic rings. The number of carbonyl (C=O) groups excluding carboxylic acids is 1. The Labute approximate surface area is 126 Å². The summed E-state index contributed by atoms with van der Waals surface area (Å²) in [4.78, 5) is 12.4. The molecule has 0 spiro atoms. The summed E-state index contributed by atoms with van der Waals surface area (Å²) in [6.45, 7) is 5.40. The van der Waals surface area contributed by atoms with Gasteiger partial charge in [-0.1, -0.05) is 32.0 Å². The van der Waals surface area contributed by atoms with Crippen LogP contribution >= 0.6 is 11.8 Å². The van der Waals surface area contributed by atoms with Crippen LogP contribution < -0.4 is 5.32 Å². The van der Waals surface area contributed by atoms with Gasteiger partial charge >= 0.3 is 5.97 Å². The van der Waals surface area contributed by atoms with Gasteiger partial charge in [0, 0.05) is 16.7 Å². The third-order valence-corrected chi connectivity index (χ3v) is 4.23. The maximum Gasteiger partial charge on any atom is 0.306 e. The van der Waals surface area contributed by atoms with Crippen molar-refractivity contribution in [2.75, 3.05) is 19.4 Å². The van der Waals surface area contributed by atoms with Crippen LogP contribution in [0.2, 0.25) is 0 Å². The summed E-state index contributed by atoms with van der Waals surface area (Å²) in [5, 5.41) is 3.58. The van der Waals surface area contributed by atoms with E-state index in [0.29, 0.717) is 12.5 Å². The molecule has 0 saturated heterocycles. The zero-order valence-corrected chi connectivity index (χ0v) is 13.5. The third kappa shape index (κ3) is 5.55. The average molecular weight is 295 g/mol. The topological polar surface area (TPSA) is 38.3 Å². The molecule has 112 valence electrons. The second-order valence-corrected chi connectivity index (χ2v) is 5.76. The smallest absolute Gasteiger partial charge is 0.306 e. The monoisotopic (exact) mass is 295 g/mol. The lowest BCUT2D eigenvalue weighted by Crippen LogP contribution is -2.22. The molecule has 20 heavy (non-hydrogen) atoms. The quantitative estimate of drug-likeness (QED) is 0.555. The van der Waals surface area contributed by atoms with Gasteiger partial charge in [0.1, 0.15) is 0 Å². The van der Waals surface area contributed by atoms with E-state index in [2.05, 4.69) is 48.2 Å². The molecule has 1 atom stereocenters. The third-order valence-electron chi connectivity index (χ3n) is 3.13. The fraction of sp³-hybridized carbons (Fsp3) is 0.562. The molecule has 0 fully saturated rings. The molecule has 1 aromatic rings. The molecular weight excluding hydrogens is 270 g/mol. The molecule has 1 rings (SSSR count). The Morgan fingerprint density at radius 3 is 2.75 bits per heavy atom. The van der Waals surface area contributed by atoms with Gasteiger partial charge in [0.2, 0.25) is 0 Å². The summed E-state index contributed by atoms with van der Waals surface area (Å²) < 4.78 is 4.68. The lowest BCUT2D eigenvalue weighted by atomic mass is 10.0. The fourth-order valence-electron chi connectivity index (χ4n) is 2.04. The first kappa shape index (κ1) is 17.1. The van der Waals surface area contributed by atoms with Gasteiger partial charge in [-0.2, -0.15) is 0 Å². The van der Waals surface area contributed by atoms with E-state index in [-0.39, 0.29) is 5.97 Å². The number of rotatable bonds is 9. The van der Waals surface area contributed by atoms with Crippen LogP contribution in [0.1, 0.15) is 44.7 Å². The Morgan fingerprint density at radius 2 is 2.10 bits per heavy atom. The number of benzene rings is 1. The Morgan fingerprint density at radius 1 is 1.35 bits per heavy atom. The molecule has 3 nitrogen and oxygen atoms in total. The highest BCUT2D eigenvalue weighted by atomic mass is 32.2. The molecular formula is C16H25NO2S. The molecule has 0 heterocycles. The van der Waals surface area contributed by atoms with Crippen molar-refractivity contribution in [1.29, 1.82) is 0 Å². The van der Waals surface area contributed by atoms with Gasteiger partial charge in [-0.15, -0.1) is 11.8 Å². The molecule has 0 aromatic heterocycles. The first-order valence-corrected chi connectivity index (χ1v) is 8.23. The van der Waals surface area contributed by atoms with Crippen molar-refractivity contribution < 1.29 is 9.53 Å². The maximum atomic E-state index is 11.2. The number of ether oxygens (including phenoxy) is 1. The van der Waals surface area contributed by atoms with Gasteiger partial charge in [-0.25, -0.2) is 0 Å². The van der Waals surface area contributed by atoms with Crippen LogP contribution in [-0.4, -0.2) is 25.4 Å². The van der Waals surface area contributed by atoms with E-state index >= 15 is 0 Å². The maximum absolute atomic E-state index is 11.2. The Bertz CT molecular complexity index is 409. The molecule has 0 amide bonds. The van der Waals surface area contributed by atoms with Crippen molar-refractivity contribution >= 4 is 17.7 Å². The van der Waals surface area contributed by atoms with Gasteiger partial charge in [0.25, 0.3) is 0 Å². The Kier molecular flexibility index (Phi) is 8.38. The van der Waals surface area contributed by atoms with E-state index in [1.54, 1.807) is 11.8 Å². The van der Waals surface area contributed by atoms with Crippen LogP contribution in [0.4, 0.5) is 0 Å². The second kappa shape index (κ2) is 9.83. The van der Waals surface area contributed by atoms with Crippen LogP contribution in [0, 0.1) is 0 Å². The minimum Gasteiger partial charge on any atom is -0.469 e. The first-order chi connectivity index (χ1) is 9.72. The minimum atomic E-state index is -0.147. The van der Waals surface area contributed by atoms with Crippen LogP contribution in [0.3, 0.4) is 0 Å². The highest BCUT2D eigenvalue weighted by Gasteiger charge is 2.13. The minimum absolute atomic E-state index is 0.147. The largest absolute Gasteiger partial charge is 0.469 e. The van der Waals surface area contributed by atoms with Crippen LogP contribution in [0.15, 0.2) is 29.2 Å². The van der Waals surface area contributed by atoms with Crippen molar-refractivity contribution in [2.24, 2.45) is 0 Å². The van der Waals surface area contributed by atoms with Crippen molar-refractivity contribution in [3.8, 4) is 0 Å². The molecule has 0 bridgehead atoms. The highest BCUT2D eigenvalue weighted by molar-refractivity contribution is 7.99. The van der Waals surface area contributed by atoms with Crippen molar-refractivity contribution in [3.63, 3.8) is 0 Å². The number of methoxy groups -OCH3 is 1. The summed E-state index contributed by atoms with van der Waals surface area (Å²) in [6, 6.07) is 8.83. The number of carbonyl (C=O) groups is 1. The van der Waals surface area contributed by atoms with E-state index in [9.17, 15) is 4.79 Å². The van der Waals surface area contributed by atoms with Crippen molar-refractivity contribution in [3.05, 3.63) is 29.8 Å². The van der Waals surface area contributed by atoms with Gasteiger partial charge in [-0.3, -0.25) is 4.79 Å². The second-order valence-electron chi connectivity index (χ2n) is 4.63. The van der Waals surface area contributed by atoms with Crippen LogP contribution in [0.25, 0.3) is 0 Å². The first-order valence-electron chi connectivity index (χ1n) is 7.24. The number of esters is 1. The predicted molar refractivity (Wildman–Crippen MR) is 85.1 cm³/mol. The van der Waals surface area contributed by atoms with Gasteiger partial charge in [0.15, 0.2) is 0 Å². The molecule has 1 unspecified atom stereocenters. The molecule has 0 aliphatic heterocycles. The number of hydrogen-bond acceptors (Lipinski definition) is 4. The lowest BCUT2D eigenvalue weighted by molar-refractivity contribution is -0.140. The molecule has 0 saturated carbocycles. The fourth-order valence-corrected chi connectivity index (χ4v) is 3.08.